The van der Waals surface area contributed by atoms with Crippen LogP contribution in [0.4, 0.5) is 5.82 Å². The third-order valence-electron chi connectivity index (χ3n) is 2.18. The Balaban J connectivity index is 0.00000128. The van der Waals surface area contributed by atoms with E-state index < -0.39 is 0 Å². The molecule has 1 N–H and O–H groups in total. The number of halogens is 4. The molecule has 0 atom stereocenters. The molecule has 2 aromatic rings. The van der Waals surface area contributed by atoms with Gasteiger partial charge >= 0.3 is 0 Å². The van der Waals surface area contributed by atoms with Crippen molar-refractivity contribution >= 4 is 52.2 Å². The van der Waals surface area contributed by atoms with Gasteiger partial charge in [-0.05, 0) is 29.3 Å². The lowest BCUT2D eigenvalue weighted by molar-refractivity contribution is 1.08. The Bertz CT molecular complexity index is 576. The average molecular weight is 369 g/mol. The molecule has 1 aromatic heterocycles. The highest BCUT2D eigenvalue weighted by Crippen LogP contribution is 2.24. The average Bonchev–Trinajstić information content (AvgIpc) is 2.43. The lowest BCUT2D eigenvalue weighted by Gasteiger charge is -2.08. The van der Waals surface area contributed by atoms with Crippen LogP contribution in [0.25, 0.3) is 0 Å². The van der Waals surface area contributed by atoms with E-state index >= 15 is 0 Å². The lowest BCUT2D eigenvalue weighted by Crippen LogP contribution is -2.03. The van der Waals surface area contributed by atoms with Gasteiger partial charge in [-0.25, -0.2) is 4.98 Å². The van der Waals surface area contributed by atoms with Crippen LogP contribution in [-0.4, -0.2) is 9.97 Å². The normalized spacial score (nSPS) is 9.24. The Morgan fingerprint density at radius 1 is 1.05 bits per heavy atom. The fourth-order valence-corrected chi connectivity index (χ4v) is 2.08. The molecule has 0 bridgehead atoms. The summed E-state index contributed by atoms with van der Waals surface area (Å²) in [5.41, 5.74) is 0.881. The van der Waals surface area contributed by atoms with E-state index in [4.69, 9.17) is 46.4 Å². The second kappa shape index (κ2) is 10.1. The highest BCUT2D eigenvalue weighted by Gasteiger charge is 2.06. The molecule has 0 amide bonds. The van der Waals surface area contributed by atoms with E-state index in [1.54, 1.807) is 12.1 Å². The number of benzene rings is 1. The SMILES string of the molecule is C.CC.Clc1ccc(CNc2nc(Cl)ncc2Cl)c(Cl)c1. The van der Waals surface area contributed by atoms with Crippen molar-refractivity contribution in [2.45, 2.75) is 27.8 Å². The van der Waals surface area contributed by atoms with Gasteiger partial charge in [0, 0.05) is 16.6 Å². The van der Waals surface area contributed by atoms with Crippen molar-refractivity contribution in [3.8, 4) is 0 Å². The fraction of sp³-hybridized carbons (Fsp3) is 0.286. The Kier molecular flexibility index (Phi) is 9.71. The van der Waals surface area contributed by atoms with Gasteiger partial charge < -0.3 is 5.32 Å². The van der Waals surface area contributed by atoms with Crippen molar-refractivity contribution in [3.63, 3.8) is 0 Å². The van der Waals surface area contributed by atoms with Gasteiger partial charge in [0.15, 0.2) is 0 Å². The molecule has 0 spiro atoms. The summed E-state index contributed by atoms with van der Waals surface area (Å²) in [4.78, 5) is 7.74. The van der Waals surface area contributed by atoms with Gasteiger partial charge in [0.1, 0.15) is 10.8 Å². The summed E-state index contributed by atoms with van der Waals surface area (Å²) in [7, 11) is 0. The first-order valence-corrected chi connectivity index (χ1v) is 7.43. The minimum atomic E-state index is 0. The smallest absolute Gasteiger partial charge is 0.224 e. The predicted molar refractivity (Wildman–Crippen MR) is 93.9 cm³/mol. The van der Waals surface area contributed by atoms with Crippen LogP contribution in [0, 0.1) is 0 Å². The summed E-state index contributed by atoms with van der Waals surface area (Å²) in [5.74, 6) is 0.461. The summed E-state index contributed by atoms with van der Waals surface area (Å²) in [6.07, 6.45) is 1.43. The fourth-order valence-electron chi connectivity index (χ4n) is 1.31. The molecule has 0 aliphatic carbocycles. The molecule has 0 fully saturated rings. The maximum Gasteiger partial charge on any atom is 0.224 e. The summed E-state index contributed by atoms with van der Waals surface area (Å²) < 4.78 is 0. The molecule has 0 unspecified atom stereocenters. The molecule has 0 aliphatic heterocycles. The van der Waals surface area contributed by atoms with Crippen molar-refractivity contribution in [1.29, 1.82) is 0 Å². The van der Waals surface area contributed by atoms with Gasteiger partial charge in [-0.15, -0.1) is 0 Å². The lowest BCUT2D eigenvalue weighted by atomic mass is 10.2. The number of rotatable bonds is 3. The van der Waals surface area contributed by atoms with E-state index in [0.29, 0.717) is 27.4 Å². The first-order chi connectivity index (χ1) is 9.56. The summed E-state index contributed by atoms with van der Waals surface area (Å²) in [5, 5.41) is 4.72. The Hall–Kier alpha value is -0.740. The molecule has 1 heterocycles. The van der Waals surface area contributed by atoms with Gasteiger partial charge in [-0.3, -0.25) is 0 Å². The Morgan fingerprint density at radius 3 is 2.33 bits per heavy atom. The highest BCUT2D eigenvalue weighted by atomic mass is 35.5. The zero-order valence-electron chi connectivity index (χ0n) is 10.9. The van der Waals surface area contributed by atoms with Crippen molar-refractivity contribution < 1.29 is 0 Å². The van der Waals surface area contributed by atoms with Crippen LogP contribution < -0.4 is 5.32 Å². The van der Waals surface area contributed by atoms with Crippen molar-refractivity contribution in [2.24, 2.45) is 0 Å². The quantitative estimate of drug-likeness (QED) is 0.640. The van der Waals surface area contributed by atoms with Crippen molar-refractivity contribution in [1.82, 2.24) is 9.97 Å². The van der Waals surface area contributed by atoms with E-state index in [2.05, 4.69) is 15.3 Å². The highest BCUT2D eigenvalue weighted by molar-refractivity contribution is 6.35. The number of hydrogen-bond donors (Lipinski definition) is 1. The third kappa shape index (κ3) is 6.27. The topological polar surface area (TPSA) is 37.8 Å². The molecule has 116 valence electrons. The van der Waals surface area contributed by atoms with Gasteiger partial charge in [0.05, 0.1) is 6.20 Å². The maximum atomic E-state index is 6.05. The van der Waals surface area contributed by atoms with Crippen molar-refractivity contribution in [2.75, 3.05) is 5.32 Å². The maximum absolute atomic E-state index is 6.05. The molecular formula is C14H17Cl4N3. The number of aromatic nitrogens is 2. The summed E-state index contributed by atoms with van der Waals surface area (Å²) >= 11 is 23.5. The number of hydrogen-bond acceptors (Lipinski definition) is 3. The van der Waals surface area contributed by atoms with Crippen LogP contribution in [0.2, 0.25) is 20.4 Å². The largest absolute Gasteiger partial charge is 0.365 e. The summed E-state index contributed by atoms with van der Waals surface area (Å²) in [6.45, 7) is 4.46. The second-order valence-corrected chi connectivity index (χ2v) is 5.01. The van der Waals surface area contributed by atoms with Gasteiger partial charge in [-0.1, -0.05) is 62.1 Å². The van der Waals surface area contributed by atoms with Crippen LogP contribution in [0.5, 0.6) is 0 Å². The minimum Gasteiger partial charge on any atom is -0.365 e. The molecule has 2 rings (SSSR count). The first kappa shape index (κ1) is 20.3. The Labute approximate surface area is 145 Å². The number of nitrogens with zero attached hydrogens (tertiary/aromatic N) is 2. The van der Waals surface area contributed by atoms with Gasteiger partial charge in [0.2, 0.25) is 5.28 Å². The molecule has 0 saturated carbocycles. The minimum absolute atomic E-state index is 0. The molecular weight excluding hydrogens is 352 g/mol. The molecule has 21 heavy (non-hydrogen) atoms. The van der Waals surface area contributed by atoms with E-state index in [1.165, 1.54) is 6.20 Å². The Morgan fingerprint density at radius 2 is 1.71 bits per heavy atom. The molecule has 0 radical (unpaired) electrons. The molecule has 1 aromatic carbocycles. The van der Waals surface area contributed by atoms with Crippen LogP contribution in [-0.2, 0) is 6.54 Å². The monoisotopic (exact) mass is 367 g/mol. The first-order valence-electron chi connectivity index (χ1n) is 5.92. The molecule has 3 nitrogen and oxygen atoms in total. The standard InChI is InChI=1S/C11H7Cl4N3.C2H6.CH4/c12-7-2-1-6(8(13)3-7)4-16-10-9(14)5-17-11(15)18-10;1-2;/h1-3,5H,4H2,(H,16,17,18);1-2H3;1H4. The van der Waals surface area contributed by atoms with Crippen LogP contribution in [0.15, 0.2) is 24.4 Å². The van der Waals surface area contributed by atoms with Crippen LogP contribution in [0.3, 0.4) is 0 Å². The van der Waals surface area contributed by atoms with E-state index in [0.717, 1.165) is 5.56 Å². The number of anilines is 1. The molecule has 0 saturated heterocycles. The van der Waals surface area contributed by atoms with Gasteiger partial charge in [-0.2, -0.15) is 4.98 Å². The van der Waals surface area contributed by atoms with Gasteiger partial charge in [0.25, 0.3) is 0 Å². The third-order valence-corrected chi connectivity index (χ3v) is 3.22. The summed E-state index contributed by atoms with van der Waals surface area (Å²) in [6, 6.07) is 5.27. The van der Waals surface area contributed by atoms with E-state index in [1.807, 2.05) is 19.9 Å². The zero-order chi connectivity index (χ0) is 15.1. The predicted octanol–water partition coefficient (Wildman–Crippen LogP) is 6.36. The molecule has 7 heteroatoms. The zero-order valence-corrected chi connectivity index (χ0v) is 13.9. The number of nitrogens with one attached hydrogen (secondary N) is 1. The van der Waals surface area contributed by atoms with E-state index in [9.17, 15) is 0 Å². The second-order valence-electron chi connectivity index (χ2n) is 3.42. The van der Waals surface area contributed by atoms with E-state index in [-0.39, 0.29) is 12.7 Å². The molecule has 0 aliphatic rings. The van der Waals surface area contributed by atoms with Crippen molar-refractivity contribution in [3.05, 3.63) is 50.3 Å². The van der Waals surface area contributed by atoms with Crippen LogP contribution in [0.1, 0.15) is 26.8 Å². The van der Waals surface area contributed by atoms with Crippen LogP contribution >= 0.6 is 46.4 Å².